The normalized spacial score (nSPS) is 10.8. The van der Waals surface area contributed by atoms with Crippen molar-refractivity contribution in [2.75, 3.05) is 0 Å². The van der Waals surface area contributed by atoms with E-state index in [2.05, 4.69) is 30.9 Å². The lowest BCUT2D eigenvalue weighted by Crippen LogP contribution is -2.04. The van der Waals surface area contributed by atoms with E-state index in [-0.39, 0.29) is 5.56 Å². The smallest absolute Gasteiger partial charge is 0.273 e. The van der Waals surface area contributed by atoms with Gasteiger partial charge < -0.3 is 9.97 Å². The average Bonchev–Trinajstić information content (AvgIpc) is 2.41. The zero-order valence-corrected chi connectivity index (χ0v) is 7.90. The van der Waals surface area contributed by atoms with Gasteiger partial charge in [-0.05, 0) is 22.9 Å². The summed E-state index contributed by atoms with van der Waals surface area (Å²) >= 11 is 3.29. The molecule has 2 aromatic rings. The Bertz CT molecular complexity index is 485. The minimum Gasteiger partial charge on any atom is -0.338 e. The van der Waals surface area contributed by atoms with Gasteiger partial charge in [-0.3, -0.25) is 4.79 Å². The predicted octanol–water partition coefficient (Wildman–Crippen LogP) is 1.32. The number of aromatic amines is 2. The van der Waals surface area contributed by atoms with E-state index in [1.165, 1.54) is 0 Å². The molecule has 0 spiro atoms. The molecule has 5 heteroatoms. The van der Waals surface area contributed by atoms with Crippen molar-refractivity contribution in [3.63, 3.8) is 0 Å². The number of hydrogen-bond acceptors (Lipinski definition) is 2. The summed E-state index contributed by atoms with van der Waals surface area (Å²) in [6.45, 7) is 1.81. The van der Waals surface area contributed by atoms with E-state index in [9.17, 15) is 4.79 Å². The van der Waals surface area contributed by atoms with Crippen LogP contribution in [-0.4, -0.2) is 15.0 Å². The molecule has 0 aromatic carbocycles. The maximum atomic E-state index is 11.2. The average molecular weight is 228 g/mol. The Morgan fingerprint density at radius 3 is 3.00 bits per heavy atom. The number of H-pyrrole nitrogens is 2. The SMILES string of the molecule is Cc1nc2c(Br)c[nH]c(=O)c2[nH]1. The lowest BCUT2D eigenvalue weighted by atomic mass is 10.4. The van der Waals surface area contributed by atoms with Crippen LogP contribution in [0, 0.1) is 6.92 Å². The number of aryl methyl sites for hydroxylation is 1. The molecule has 2 heterocycles. The molecule has 0 atom stereocenters. The van der Waals surface area contributed by atoms with Crippen LogP contribution in [-0.2, 0) is 0 Å². The number of nitrogens with zero attached hydrogens (tertiary/aromatic N) is 1. The maximum Gasteiger partial charge on any atom is 0.273 e. The van der Waals surface area contributed by atoms with Gasteiger partial charge >= 0.3 is 0 Å². The molecule has 0 aliphatic carbocycles. The van der Waals surface area contributed by atoms with Gasteiger partial charge in [0, 0.05) is 6.20 Å². The summed E-state index contributed by atoms with van der Waals surface area (Å²) in [5, 5.41) is 0. The van der Waals surface area contributed by atoms with Gasteiger partial charge in [-0.15, -0.1) is 0 Å². The number of fused-ring (bicyclic) bond motifs is 1. The van der Waals surface area contributed by atoms with E-state index in [1.807, 2.05) is 6.92 Å². The van der Waals surface area contributed by atoms with Gasteiger partial charge in [0.1, 0.15) is 16.9 Å². The van der Waals surface area contributed by atoms with Crippen LogP contribution in [0.3, 0.4) is 0 Å². The molecule has 2 aromatic heterocycles. The summed E-state index contributed by atoms with van der Waals surface area (Å²) < 4.78 is 0.793. The summed E-state index contributed by atoms with van der Waals surface area (Å²) in [6.07, 6.45) is 1.59. The van der Waals surface area contributed by atoms with E-state index in [0.29, 0.717) is 11.0 Å². The monoisotopic (exact) mass is 227 g/mol. The standard InChI is InChI=1S/C7H6BrN3O/c1-3-10-5-4(8)2-9-7(12)6(5)11-3/h2H,1H3,(H,9,12)(H,10,11). The van der Waals surface area contributed by atoms with Crippen molar-refractivity contribution in [1.82, 2.24) is 15.0 Å². The molecule has 2 N–H and O–H groups in total. The second-order valence-electron chi connectivity index (χ2n) is 2.51. The number of pyridine rings is 1. The molecule has 12 heavy (non-hydrogen) atoms. The van der Waals surface area contributed by atoms with E-state index in [0.717, 1.165) is 10.3 Å². The fraction of sp³-hybridized carbons (Fsp3) is 0.143. The molecular weight excluding hydrogens is 222 g/mol. The van der Waals surface area contributed by atoms with E-state index in [1.54, 1.807) is 6.20 Å². The first kappa shape index (κ1) is 7.54. The van der Waals surface area contributed by atoms with Crippen LogP contribution in [0.1, 0.15) is 5.82 Å². The van der Waals surface area contributed by atoms with Gasteiger partial charge in [0.25, 0.3) is 5.56 Å². The maximum absolute atomic E-state index is 11.2. The first-order valence-corrected chi connectivity index (χ1v) is 4.21. The second-order valence-corrected chi connectivity index (χ2v) is 3.37. The Kier molecular flexibility index (Phi) is 1.54. The molecule has 0 aliphatic heterocycles. The summed E-state index contributed by atoms with van der Waals surface area (Å²) in [6, 6.07) is 0. The highest BCUT2D eigenvalue weighted by atomic mass is 79.9. The molecule has 0 bridgehead atoms. The topological polar surface area (TPSA) is 61.5 Å². The third-order valence-corrected chi connectivity index (χ3v) is 2.21. The number of hydrogen-bond donors (Lipinski definition) is 2. The summed E-state index contributed by atoms with van der Waals surface area (Å²) in [4.78, 5) is 20.8. The van der Waals surface area contributed by atoms with Crippen molar-refractivity contribution in [1.29, 1.82) is 0 Å². The number of aromatic nitrogens is 3. The molecule has 0 radical (unpaired) electrons. The largest absolute Gasteiger partial charge is 0.338 e. The lowest BCUT2D eigenvalue weighted by Gasteiger charge is -1.88. The highest BCUT2D eigenvalue weighted by Crippen LogP contribution is 2.16. The number of halogens is 1. The molecular formula is C7H6BrN3O. The van der Waals surface area contributed by atoms with Crippen molar-refractivity contribution in [2.24, 2.45) is 0 Å². The molecule has 0 fully saturated rings. The summed E-state index contributed by atoms with van der Waals surface area (Å²) in [5.41, 5.74) is 1.05. The molecule has 0 saturated carbocycles. The fourth-order valence-corrected chi connectivity index (χ4v) is 1.50. The quantitative estimate of drug-likeness (QED) is 0.714. The highest BCUT2D eigenvalue weighted by Gasteiger charge is 2.05. The Morgan fingerprint density at radius 2 is 2.33 bits per heavy atom. The molecule has 0 amide bonds. The van der Waals surface area contributed by atoms with Gasteiger partial charge in [-0.1, -0.05) is 0 Å². The van der Waals surface area contributed by atoms with E-state index >= 15 is 0 Å². The first-order valence-electron chi connectivity index (χ1n) is 3.42. The predicted molar refractivity (Wildman–Crippen MR) is 49.2 cm³/mol. The van der Waals surface area contributed by atoms with Crippen molar-refractivity contribution < 1.29 is 0 Å². The van der Waals surface area contributed by atoms with E-state index in [4.69, 9.17) is 0 Å². The van der Waals surface area contributed by atoms with Gasteiger partial charge in [-0.2, -0.15) is 0 Å². The van der Waals surface area contributed by atoms with Gasteiger partial charge in [0.2, 0.25) is 0 Å². The Labute approximate surface area is 76.2 Å². The second kappa shape index (κ2) is 2.45. The van der Waals surface area contributed by atoms with Crippen LogP contribution in [0.4, 0.5) is 0 Å². The van der Waals surface area contributed by atoms with Crippen LogP contribution in [0.5, 0.6) is 0 Å². The summed E-state index contributed by atoms with van der Waals surface area (Å²) in [5.74, 6) is 0.738. The third-order valence-electron chi connectivity index (χ3n) is 1.61. The van der Waals surface area contributed by atoms with Crippen molar-refractivity contribution >= 4 is 27.0 Å². The summed E-state index contributed by atoms with van der Waals surface area (Å²) in [7, 11) is 0. The molecule has 2 rings (SSSR count). The number of rotatable bonds is 0. The van der Waals surface area contributed by atoms with Crippen LogP contribution < -0.4 is 5.56 Å². The Morgan fingerprint density at radius 1 is 1.58 bits per heavy atom. The lowest BCUT2D eigenvalue weighted by molar-refractivity contribution is 1.16. The Hall–Kier alpha value is -1.10. The fourth-order valence-electron chi connectivity index (χ4n) is 1.10. The van der Waals surface area contributed by atoms with Gasteiger partial charge in [0.15, 0.2) is 0 Å². The third kappa shape index (κ3) is 0.972. The zero-order valence-electron chi connectivity index (χ0n) is 6.31. The molecule has 62 valence electrons. The molecule has 0 aliphatic rings. The molecule has 0 saturated heterocycles. The Balaban J connectivity index is 3.03. The van der Waals surface area contributed by atoms with Crippen molar-refractivity contribution in [3.8, 4) is 0 Å². The van der Waals surface area contributed by atoms with Crippen molar-refractivity contribution in [3.05, 3.63) is 26.8 Å². The zero-order chi connectivity index (χ0) is 8.72. The van der Waals surface area contributed by atoms with Gasteiger partial charge in [0.05, 0.1) is 4.47 Å². The number of nitrogens with one attached hydrogen (secondary N) is 2. The molecule has 4 nitrogen and oxygen atoms in total. The number of imidazole rings is 1. The van der Waals surface area contributed by atoms with Crippen LogP contribution in [0.2, 0.25) is 0 Å². The first-order chi connectivity index (χ1) is 5.68. The minimum absolute atomic E-state index is 0.145. The van der Waals surface area contributed by atoms with Crippen molar-refractivity contribution in [2.45, 2.75) is 6.92 Å². The van der Waals surface area contributed by atoms with Crippen LogP contribution >= 0.6 is 15.9 Å². The highest BCUT2D eigenvalue weighted by molar-refractivity contribution is 9.10. The van der Waals surface area contributed by atoms with Crippen LogP contribution in [0.25, 0.3) is 11.0 Å². The minimum atomic E-state index is -0.145. The van der Waals surface area contributed by atoms with Crippen LogP contribution in [0.15, 0.2) is 15.5 Å². The van der Waals surface area contributed by atoms with E-state index < -0.39 is 0 Å². The van der Waals surface area contributed by atoms with Gasteiger partial charge in [-0.25, -0.2) is 4.98 Å². The molecule has 0 unspecified atom stereocenters.